The summed E-state index contributed by atoms with van der Waals surface area (Å²) in [7, 11) is 1.81. The van der Waals surface area contributed by atoms with Crippen molar-refractivity contribution in [3.63, 3.8) is 0 Å². The molecule has 1 N–H and O–H groups in total. The molecule has 21 heavy (non-hydrogen) atoms. The third-order valence-electron chi connectivity index (χ3n) is 4.75. The van der Waals surface area contributed by atoms with Gasteiger partial charge in [-0.25, -0.2) is 0 Å². The van der Waals surface area contributed by atoms with E-state index < -0.39 is 0 Å². The first kappa shape index (κ1) is 16.5. The summed E-state index contributed by atoms with van der Waals surface area (Å²) in [6.45, 7) is 9.93. The van der Waals surface area contributed by atoms with Crippen LogP contribution in [-0.2, 0) is 4.74 Å². The molecule has 2 atom stereocenters. The van der Waals surface area contributed by atoms with Gasteiger partial charge in [-0.1, -0.05) is 30.3 Å². The maximum Gasteiger partial charge on any atom is 0.0634 e. The largest absolute Gasteiger partial charge is 0.379 e. The lowest BCUT2D eigenvalue weighted by Gasteiger charge is -2.32. The Balaban J connectivity index is 2.01. The Bertz CT molecular complexity index is 418. The van der Waals surface area contributed by atoms with Crippen LogP contribution in [0.1, 0.15) is 45.2 Å². The smallest absolute Gasteiger partial charge is 0.0634 e. The highest BCUT2D eigenvalue weighted by Gasteiger charge is 2.26. The molecule has 2 unspecified atom stereocenters. The molecular formula is C18H30N2O. The zero-order chi connectivity index (χ0) is 15.3. The zero-order valence-electron chi connectivity index (χ0n) is 13.9. The van der Waals surface area contributed by atoms with Gasteiger partial charge in [0.25, 0.3) is 0 Å². The Labute approximate surface area is 129 Å². The van der Waals surface area contributed by atoms with Crippen molar-refractivity contribution in [3.8, 4) is 0 Å². The fourth-order valence-electron chi connectivity index (χ4n) is 2.86. The lowest BCUT2D eigenvalue weighted by atomic mass is 10.0. The molecule has 0 aromatic heterocycles. The van der Waals surface area contributed by atoms with Gasteiger partial charge >= 0.3 is 0 Å². The maximum atomic E-state index is 5.56. The predicted molar refractivity (Wildman–Crippen MR) is 88.5 cm³/mol. The Kier molecular flexibility index (Phi) is 5.80. The molecule has 0 aliphatic carbocycles. The SMILES string of the molecule is COC(C)(C)CCN1CC(c2ccccc2)NCCC1C. The number of hydrogen-bond acceptors (Lipinski definition) is 3. The van der Waals surface area contributed by atoms with Gasteiger partial charge < -0.3 is 10.1 Å². The average molecular weight is 290 g/mol. The molecule has 0 amide bonds. The van der Waals surface area contributed by atoms with E-state index in [-0.39, 0.29) is 5.60 Å². The van der Waals surface area contributed by atoms with Gasteiger partial charge in [-0.15, -0.1) is 0 Å². The number of nitrogens with one attached hydrogen (secondary N) is 1. The van der Waals surface area contributed by atoms with Crippen LogP contribution < -0.4 is 5.32 Å². The number of ether oxygens (including phenoxy) is 1. The molecule has 118 valence electrons. The molecule has 0 saturated carbocycles. The third kappa shape index (κ3) is 4.80. The Morgan fingerprint density at radius 2 is 2.00 bits per heavy atom. The quantitative estimate of drug-likeness (QED) is 0.901. The van der Waals surface area contributed by atoms with E-state index in [1.807, 2.05) is 0 Å². The average Bonchev–Trinajstić information content (AvgIpc) is 2.68. The van der Waals surface area contributed by atoms with E-state index in [1.54, 1.807) is 7.11 Å². The minimum Gasteiger partial charge on any atom is -0.379 e. The lowest BCUT2D eigenvalue weighted by molar-refractivity contribution is 0.00432. The molecule has 1 aliphatic rings. The van der Waals surface area contributed by atoms with Crippen LogP contribution in [0.25, 0.3) is 0 Å². The summed E-state index contributed by atoms with van der Waals surface area (Å²) in [5, 5.41) is 3.70. The maximum absolute atomic E-state index is 5.56. The number of benzene rings is 1. The van der Waals surface area contributed by atoms with E-state index >= 15 is 0 Å². The minimum absolute atomic E-state index is 0.0400. The first-order valence-corrected chi connectivity index (χ1v) is 8.09. The van der Waals surface area contributed by atoms with Gasteiger partial charge in [-0.2, -0.15) is 0 Å². The van der Waals surface area contributed by atoms with Crippen molar-refractivity contribution in [1.82, 2.24) is 10.2 Å². The molecule has 0 bridgehead atoms. The number of hydrogen-bond donors (Lipinski definition) is 1. The first-order valence-electron chi connectivity index (χ1n) is 8.09. The number of methoxy groups -OCH3 is 1. The summed E-state index contributed by atoms with van der Waals surface area (Å²) in [5.74, 6) is 0. The second kappa shape index (κ2) is 7.39. The lowest BCUT2D eigenvalue weighted by Crippen LogP contribution is -2.39. The Morgan fingerprint density at radius 3 is 2.67 bits per heavy atom. The van der Waals surface area contributed by atoms with Gasteiger partial charge in [0.1, 0.15) is 0 Å². The Hall–Kier alpha value is -0.900. The molecular weight excluding hydrogens is 260 g/mol. The van der Waals surface area contributed by atoms with Crippen LogP contribution in [0.4, 0.5) is 0 Å². The van der Waals surface area contributed by atoms with E-state index in [0.717, 1.165) is 26.1 Å². The second-order valence-electron chi connectivity index (χ2n) is 6.76. The van der Waals surface area contributed by atoms with Crippen molar-refractivity contribution >= 4 is 0 Å². The van der Waals surface area contributed by atoms with Crippen LogP contribution >= 0.6 is 0 Å². The summed E-state index contributed by atoms with van der Waals surface area (Å²) in [5.41, 5.74) is 1.35. The van der Waals surface area contributed by atoms with Crippen LogP contribution in [-0.4, -0.2) is 43.3 Å². The fourth-order valence-corrected chi connectivity index (χ4v) is 2.86. The Morgan fingerprint density at radius 1 is 1.29 bits per heavy atom. The zero-order valence-corrected chi connectivity index (χ0v) is 13.9. The van der Waals surface area contributed by atoms with Gasteiger partial charge in [0.2, 0.25) is 0 Å². The van der Waals surface area contributed by atoms with Crippen molar-refractivity contribution in [1.29, 1.82) is 0 Å². The second-order valence-corrected chi connectivity index (χ2v) is 6.76. The molecule has 2 rings (SSSR count). The molecule has 1 aromatic carbocycles. The molecule has 1 aromatic rings. The molecule has 3 heteroatoms. The summed E-state index contributed by atoms with van der Waals surface area (Å²) >= 11 is 0. The van der Waals surface area contributed by atoms with Crippen molar-refractivity contribution in [3.05, 3.63) is 35.9 Å². The molecule has 1 aliphatic heterocycles. The molecule has 1 saturated heterocycles. The number of nitrogens with zero attached hydrogens (tertiary/aromatic N) is 1. The van der Waals surface area contributed by atoms with Gasteiger partial charge in [-0.05, 0) is 45.7 Å². The van der Waals surface area contributed by atoms with Crippen LogP contribution in [0.15, 0.2) is 30.3 Å². The van der Waals surface area contributed by atoms with Gasteiger partial charge in [-0.3, -0.25) is 4.90 Å². The van der Waals surface area contributed by atoms with E-state index in [0.29, 0.717) is 12.1 Å². The van der Waals surface area contributed by atoms with Crippen LogP contribution in [0.5, 0.6) is 0 Å². The first-order chi connectivity index (χ1) is 10.0. The standard InChI is InChI=1S/C18H30N2O/c1-15-10-12-19-17(16-8-6-5-7-9-16)14-20(15)13-11-18(2,3)21-4/h5-9,15,17,19H,10-14H2,1-4H3. The van der Waals surface area contributed by atoms with Crippen molar-refractivity contribution in [2.75, 3.05) is 26.7 Å². The molecule has 1 fully saturated rings. The fraction of sp³-hybridized carbons (Fsp3) is 0.667. The molecule has 0 spiro atoms. The highest BCUT2D eigenvalue weighted by Crippen LogP contribution is 2.22. The third-order valence-corrected chi connectivity index (χ3v) is 4.75. The normalized spacial score (nSPS) is 24.8. The predicted octanol–water partition coefficient (Wildman–Crippen LogP) is 3.23. The highest BCUT2D eigenvalue weighted by molar-refractivity contribution is 5.19. The van der Waals surface area contributed by atoms with E-state index in [4.69, 9.17) is 4.74 Å². The van der Waals surface area contributed by atoms with Gasteiger partial charge in [0, 0.05) is 32.3 Å². The summed E-state index contributed by atoms with van der Waals surface area (Å²) in [6.07, 6.45) is 2.27. The van der Waals surface area contributed by atoms with Crippen LogP contribution in [0, 0.1) is 0 Å². The van der Waals surface area contributed by atoms with Crippen molar-refractivity contribution < 1.29 is 4.74 Å². The minimum atomic E-state index is -0.0400. The highest BCUT2D eigenvalue weighted by atomic mass is 16.5. The monoisotopic (exact) mass is 290 g/mol. The van der Waals surface area contributed by atoms with E-state index in [9.17, 15) is 0 Å². The van der Waals surface area contributed by atoms with Gasteiger partial charge in [0.05, 0.1) is 5.60 Å². The van der Waals surface area contributed by atoms with Crippen molar-refractivity contribution in [2.45, 2.75) is 51.3 Å². The van der Waals surface area contributed by atoms with Gasteiger partial charge in [0.15, 0.2) is 0 Å². The summed E-state index contributed by atoms with van der Waals surface area (Å²) in [6, 6.07) is 11.9. The van der Waals surface area contributed by atoms with E-state index in [1.165, 1.54) is 12.0 Å². The van der Waals surface area contributed by atoms with Crippen molar-refractivity contribution in [2.24, 2.45) is 0 Å². The van der Waals surface area contributed by atoms with E-state index in [2.05, 4.69) is 61.3 Å². The molecule has 0 radical (unpaired) electrons. The summed E-state index contributed by atoms with van der Waals surface area (Å²) in [4.78, 5) is 2.61. The number of rotatable bonds is 5. The molecule has 3 nitrogen and oxygen atoms in total. The van der Waals surface area contributed by atoms with Crippen LogP contribution in [0.3, 0.4) is 0 Å². The topological polar surface area (TPSA) is 24.5 Å². The molecule has 1 heterocycles. The summed E-state index contributed by atoms with van der Waals surface area (Å²) < 4.78 is 5.56. The van der Waals surface area contributed by atoms with Crippen LogP contribution in [0.2, 0.25) is 0 Å².